The molecule has 1 aromatic heterocycles. The first-order valence-corrected chi connectivity index (χ1v) is 11.7. The third-order valence-electron chi connectivity index (χ3n) is 6.29. The number of nitrogens with zero attached hydrogens (tertiary/aromatic N) is 2. The van der Waals surface area contributed by atoms with E-state index in [1.807, 2.05) is 18.2 Å². The van der Waals surface area contributed by atoms with Crippen LogP contribution in [0.1, 0.15) is 31.2 Å². The molecule has 0 bridgehead atoms. The van der Waals surface area contributed by atoms with Crippen LogP contribution in [0.5, 0.6) is 0 Å². The highest BCUT2D eigenvalue weighted by atomic mass is 35.5. The van der Waals surface area contributed by atoms with Gasteiger partial charge in [-0.3, -0.25) is 0 Å². The third kappa shape index (κ3) is 3.83. The van der Waals surface area contributed by atoms with Gasteiger partial charge in [-0.1, -0.05) is 41.9 Å². The lowest BCUT2D eigenvalue weighted by Crippen LogP contribution is -2.58. The van der Waals surface area contributed by atoms with Gasteiger partial charge >= 0.3 is 0 Å². The molecular formula is C21H26ClN3O2S. The fourth-order valence-corrected chi connectivity index (χ4v) is 6.63. The molecule has 3 heterocycles. The van der Waals surface area contributed by atoms with Gasteiger partial charge in [0.15, 0.2) is 0 Å². The Bertz CT molecular complexity index is 891. The molecule has 0 saturated carbocycles. The highest BCUT2D eigenvalue weighted by Gasteiger charge is 2.48. The summed E-state index contributed by atoms with van der Waals surface area (Å²) in [4.78, 5) is 4.23. The maximum absolute atomic E-state index is 13.6. The normalized spacial score (nSPS) is 23.0. The van der Waals surface area contributed by atoms with Gasteiger partial charge in [0, 0.05) is 18.8 Å². The molecule has 2 saturated heterocycles. The minimum absolute atomic E-state index is 0.0201. The summed E-state index contributed by atoms with van der Waals surface area (Å²) in [7, 11) is -3.63. The Morgan fingerprint density at radius 3 is 2.54 bits per heavy atom. The van der Waals surface area contributed by atoms with Crippen LogP contribution in [0.4, 0.5) is 0 Å². The van der Waals surface area contributed by atoms with Crippen LogP contribution in [0, 0.1) is 5.41 Å². The lowest BCUT2D eigenvalue weighted by atomic mass is 9.66. The molecule has 1 unspecified atom stereocenters. The number of pyridine rings is 1. The Balaban J connectivity index is 1.73. The lowest BCUT2D eigenvalue weighted by Gasteiger charge is -2.51. The summed E-state index contributed by atoms with van der Waals surface area (Å²) in [6, 6.07) is 13.3. The highest BCUT2D eigenvalue weighted by molar-refractivity contribution is 7.89. The van der Waals surface area contributed by atoms with Crippen molar-refractivity contribution in [1.82, 2.24) is 14.6 Å². The number of aromatic nitrogens is 1. The van der Waals surface area contributed by atoms with E-state index in [9.17, 15) is 8.42 Å². The van der Waals surface area contributed by atoms with Crippen molar-refractivity contribution in [3.8, 4) is 0 Å². The summed E-state index contributed by atoms with van der Waals surface area (Å²) < 4.78 is 28.9. The maximum Gasteiger partial charge on any atom is 0.244 e. The summed E-state index contributed by atoms with van der Waals surface area (Å²) >= 11 is 5.87. The average Bonchev–Trinajstić information content (AvgIpc) is 2.71. The molecule has 2 fully saturated rings. The molecule has 7 heteroatoms. The Morgan fingerprint density at radius 1 is 1.11 bits per heavy atom. The molecular weight excluding hydrogens is 394 g/mol. The first-order chi connectivity index (χ1) is 13.5. The zero-order valence-corrected chi connectivity index (χ0v) is 17.4. The molecule has 28 heavy (non-hydrogen) atoms. The van der Waals surface area contributed by atoms with Crippen molar-refractivity contribution < 1.29 is 8.42 Å². The monoisotopic (exact) mass is 419 g/mol. The van der Waals surface area contributed by atoms with Gasteiger partial charge in [-0.05, 0) is 68.3 Å². The third-order valence-corrected chi connectivity index (χ3v) is 8.40. The summed E-state index contributed by atoms with van der Waals surface area (Å²) in [6.45, 7) is 2.45. The van der Waals surface area contributed by atoms with Crippen molar-refractivity contribution in [2.75, 3.05) is 19.6 Å². The molecule has 150 valence electrons. The standard InChI is InChI=1S/C21H26ClN3O2S/c22-20-8-7-18(16-24-20)28(26,27)25-14-4-9-21(10-12-23-13-11-21)19(25)15-17-5-2-1-3-6-17/h1-3,5-8,16,19,23H,4,9-15H2. The predicted octanol–water partition coefficient (Wildman–Crippen LogP) is 3.50. The van der Waals surface area contributed by atoms with Crippen LogP contribution in [0.15, 0.2) is 53.6 Å². The van der Waals surface area contributed by atoms with Crippen LogP contribution in [0.3, 0.4) is 0 Å². The first-order valence-electron chi connectivity index (χ1n) is 9.89. The van der Waals surface area contributed by atoms with E-state index in [0.717, 1.165) is 45.2 Å². The van der Waals surface area contributed by atoms with Gasteiger partial charge in [-0.25, -0.2) is 13.4 Å². The molecule has 2 aliphatic heterocycles. The fourth-order valence-electron chi connectivity index (χ4n) is 4.82. The highest BCUT2D eigenvalue weighted by Crippen LogP contribution is 2.46. The van der Waals surface area contributed by atoms with E-state index in [1.54, 1.807) is 16.4 Å². The van der Waals surface area contributed by atoms with E-state index in [1.165, 1.54) is 11.8 Å². The molecule has 1 spiro atoms. The Labute approximate surface area is 172 Å². The summed E-state index contributed by atoms with van der Waals surface area (Å²) in [6.07, 6.45) is 6.11. The second kappa shape index (κ2) is 8.11. The number of halogens is 1. The van der Waals surface area contributed by atoms with Gasteiger partial charge in [0.25, 0.3) is 0 Å². The largest absolute Gasteiger partial charge is 0.317 e. The maximum atomic E-state index is 13.6. The SMILES string of the molecule is O=S(=O)(c1ccc(Cl)nc1)N1CCCC2(CCNCC2)C1Cc1ccccc1. The molecule has 4 rings (SSSR count). The molecule has 5 nitrogen and oxygen atoms in total. The second-order valence-corrected chi connectivity index (χ2v) is 10.1. The molecule has 2 aromatic rings. The number of rotatable bonds is 4. The number of hydrogen-bond donors (Lipinski definition) is 1. The van der Waals surface area contributed by atoms with Crippen molar-refractivity contribution in [3.05, 3.63) is 59.4 Å². The smallest absolute Gasteiger partial charge is 0.244 e. The topological polar surface area (TPSA) is 62.3 Å². The van der Waals surface area contributed by atoms with Crippen LogP contribution in [-0.2, 0) is 16.4 Å². The molecule has 2 aliphatic rings. The number of piperidine rings is 2. The molecule has 1 atom stereocenters. The minimum atomic E-state index is -3.63. The number of hydrogen-bond acceptors (Lipinski definition) is 4. The van der Waals surface area contributed by atoms with Crippen LogP contribution in [-0.4, -0.2) is 43.4 Å². The predicted molar refractivity (Wildman–Crippen MR) is 111 cm³/mol. The van der Waals surface area contributed by atoms with Crippen molar-refractivity contribution in [2.24, 2.45) is 5.41 Å². The zero-order valence-electron chi connectivity index (χ0n) is 15.9. The Morgan fingerprint density at radius 2 is 1.86 bits per heavy atom. The molecule has 0 aliphatic carbocycles. The number of nitrogens with one attached hydrogen (secondary N) is 1. The summed E-state index contributed by atoms with van der Waals surface area (Å²) in [5, 5.41) is 3.74. The van der Waals surface area contributed by atoms with Gasteiger partial charge in [0.1, 0.15) is 10.0 Å². The van der Waals surface area contributed by atoms with E-state index >= 15 is 0 Å². The number of sulfonamides is 1. The van der Waals surface area contributed by atoms with Crippen LogP contribution >= 0.6 is 11.6 Å². The van der Waals surface area contributed by atoms with Crippen molar-refractivity contribution in [2.45, 2.75) is 43.0 Å². The van der Waals surface area contributed by atoms with E-state index in [-0.39, 0.29) is 16.4 Å². The average molecular weight is 420 g/mol. The second-order valence-electron chi connectivity index (χ2n) is 7.85. The first kappa shape index (κ1) is 19.8. The van der Waals surface area contributed by atoms with E-state index in [2.05, 4.69) is 22.4 Å². The van der Waals surface area contributed by atoms with Crippen molar-refractivity contribution in [3.63, 3.8) is 0 Å². The van der Waals surface area contributed by atoms with Crippen molar-refractivity contribution in [1.29, 1.82) is 0 Å². The van der Waals surface area contributed by atoms with Gasteiger partial charge in [-0.2, -0.15) is 4.31 Å². The number of benzene rings is 1. The van der Waals surface area contributed by atoms with E-state index in [4.69, 9.17) is 11.6 Å². The quantitative estimate of drug-likeness (QED) is 0.770. The molecule has 0 radical (unpaired) electrons. The zero-order chi connectivity index (χ0) is 19.6. The van der Waals surface area contributed by atoms with Crippen LogP contribution in [0.2, 0.25) is 5.15 Å². The lowest BCUT2D eigenvalue weighted by molar-refractivity contribution is 0.0364. The minimum Gasteiger partial charge on any atom is -0.317 e. The summed E-state index contributed by atoms with van der Waals surface area (Å²) in [5.74, 6) is 0. The van der Waals surface area contributed by atoms with Gasteiger partial charge in [0.05, 0.1) is 0 Å². The summed E-state index contributed by atoms with van der Waals surface area (Å²) in [5.41, 5.74) is 1.20. The van der Waals surface area contributed by atoms with Gasteiger partial charge in [0.2, 0.25) is 10.0 Å². The van der Waals surface area contributed by atoms with Gasteiger partial charge < -0.3 is 5.32 Å². The fraction of sp³-hybridized carbons (Fsp3) is 0.476. The van der Waals surface area contributed by atoms with Gasteiger partial charge in [-0.15, -0.1) is 0 Å². The molecule has 1 aromatic carbocycles. The van der Waals surface area contributed by atoms with Crippen LogP contribution in [0.25, 0.3) is 0 Å². The van der Waals surface area contributed by atoms with E-state index < -0.39 is 10.0 Å². The molecule has 1 N–H and O–H groups in total. The Hall–Kier alpha value is -1.47. The van der Waals surface area contributed by atoms with Crippen LogP contribution < -0.4 is 5.32 Å². The molecule has 0 amide bonds. The van der Waals surface area contributed by atoms with E-state index in [0.29, 0.717) is 11.7 Å². The van der Waals surface area contributed by atoms with Crippen molar-refractivity contribution >= 4 is 21.6 Å². The Kier molecular flexibility index (Phi) is 5.74.